The zero-order valence-corrected chi connectivity index (χ0v) is 14.5. The molecule has 24 heavy (non-hydrogen) atoms. The number of carbonyl (C=O) groups excluding carboxylic acids is 1. The molecule has 2 bridgehead atoms. The predicted molar refractivity (Wildman–Crippen MR) is 95.6 cm³/mol. The Kier molecular flexibility index (Phi) is 6.67. The van der Waals surface area contributed by atoms with Crippen LogP contribution in [0.3, 0.4) is 0 Å². The van der Waals surface area contributed by atoms with Crippen molar-refractivity contribution in [3.63, 3.8) is 0 Å². The second-order valence-corrected chi connectivity index (χ2v) is 7.27. The summed E-state index contributed by atoms with van der Waals surface area (Å²) in [6.45, 7) is 2.19. The monoisotopic (exact) mass is 330 g/mol. The van der Waals surface area contributed by atoms with Crippen LogP contribution in [0.5, 0.6) is 0 Å². The van der Waals surface area contributed by atoms with Gasteiger partial charge in [0.25, 0.3) is 0 Å². The Balaban J connectivity index is 1.19. The summed E-state index contributed by atoms with van der Waals surface area (Å²) in [5, 5.41) is 6.71. The average Bonchev–Trinajstić information content (AvgIpc) is 2.93. The SMILES string of the molecule is O=C(CC1CC2CCC(C1)N2)NCCCCOCc1ccccc1. The lowest BCUT2D eigenvalue weighted by Gasteiger charge is -2.28. The average molecular weight is 330 g/mol. The first-order chi connectivity index (χ1) is 11.8. The third-order valence-corrected chi connectivity index (χ3v) is 5.19. The van der Waals surface area contributed by atoms with Gasteiger partial charge in [0.15, 0.2) is 0 Å². The van der Waals surface area contributed by atoms with Crippen molar-refractivity contribution in [3.05, 3.63) is 35.9 Å². The van der Waals surface area contributed by atoms with Gasteiger partial charge < -0.3 is 15.4 Å². The molecule has 132 valence electrons. The van der Waals surface area contributed by atoms with Crippen molar-refractivity contribution in [2.24, 2.45) is 5.92 Å². The molecule has 2 atom stereocenters. The highest BCUT2D eigenvalue weighted by Gasteiger charge is 2.33. The summed E-state index contributed by atoms with van der Waals surface area (Å²) >= 11 is 0. The fraction of sp³-hybridized carbons (Fsp3) is 0.650. The number of rotatable bonds is 9. The maximum Gasteiger partial charge on any atom is 0.220 e. The third kappa shape index (κ3) is 5.60. The van der Waals surface area contributed by atoms with Gasteiger partial charge in [-0.2, -0.15) is 0 Å². The number of ether oxygens (including phenoxy) is 1. The van der Waals surface area contributed by atoms with E-state index in [0.717, 1.165) is 26.0 Å². The number of carbonyl (C=O) groups is 1. The van der Waals surface area contributed by atoms with E-state index in [1.165, 1.54) is 31.2 Å². The second kappa shape index (κ2) is 9.19. The minimum Gasteiger partial charge on any atom is -0.377 e. The minimum atomic E-state index is 0.228. The van der Waals surface area contributed by atoms with Crippen LogP contribution in [0, 0.1) is 5.92 Å². The van der Waals surface area contributed by atoms with Crippen LogP contribution >= 0.6 is 0 Å². The number of nitrogens with one attached hydrogen (secondary N) is 2. The van der Waals surface area contributed by atoms with Crippen LogP contribution in [0.2, 0.25) is 0 Å². The van der Waals surface area contributed by atoms with Gasteiger partial charge in [0.1, 0.15) is 0 Å². The van der Waals surface area contributed by atoms with Crippen LogP contribution in [0.4, 0.5) is 0 Å². The van der Waals surface area contributed by atoms with E-state index in [0.29, 0.717) is 31.0 Å². The van der Waals surface area contributed by atoms with Gasteiger partial charge in [-0.3, -0.25) is 4.79 Å². The summed E-state index contributed by atoms with van der Waals surface area (Å²) in [5.74, 6) is 0.810. The fourth-order valence-electron chi connectivity index (χ4n) is 4.00. The van der Waals surface area contributed by atoms with Crippen molar-refractivity contribution >= 4 is 5.91 Å². The van der Waals surface area contributed by atoms with Crippen molar-refractivity contribution in [2.75, 3.05) is 13.2 Å². The standard InChI is InChI=1S/C20H30N2O2/c23-20(14-17-12-18-8-9-19(13-17)22-18)21-10-4-5-11-24-15-16-6-2-1-3-7-16/h1-3,6-7,17-19,22H,4-5,8-15H2,(H,21,23). The highest BCUT2D eigenvalue weighted by molar-refractivity contribution is 5.76. The van der Waals surface area contributed by atoms with Gasteiger partial charge in [-0.05, 0) is 50.0 Å². The van der Waals surface area contributed by atoms with E-state index in [-0.39, 0.29) is 5.91 Å². The number of amides is 1. The van der Waals surface area contributed by atoms with E-state index in [2.05, 4.69) is 22.8 Å². The molecule has 0 aliphatic carbocycles. The van der Waals surface area contributed by atoms with Crippen LogP contribution in [0.25, 0.3) is 0 Å². The number of benzene rings is 1. The molecule has 0 radical (unpaired) electrons. The Labute approximate surface area is 145 Å². The van der Waals surface area contributed by atoms with E-state index in [4.69, 9.17) is 4.74 Å². The van der Waals surface area contributed by atoms with Gasteiger partial charge in [0.05, 0.1) is 6.61 Å². The molecule has 2 aliphatic rings. The molecular formula is C20H30N2O2. The molecule has 2 aliphatic heterocycles. The van der Waals surface area contributed by atoms with Crippen LogP contribution in [-0.4, -0.2) is 31.1 Å². The van der Waals surface area contributed by atoms with Gasteiger partial charge in [-0.1, -0.05) is 30.3 Å². The molecule has 2 unspecified atom stereocenters. The summed E-state index contributed by atoms with van der Waals surface area (Å²) in [5.41, 5.74) is 1.21. The normalized spacial score (nSPS) is 25.6. The quantitative estimate of drug-likeness (QED) is 0.684. The largest absolute Gasteiger partial charge is 0.377 e. The molecule has 1 aromatic carbocycles. The van der Waals surface area contributed by atoms with Crippen molar-refractivity contribution in [3.8, 4) is 0 Å². The lowest BCUT2D eigenvalue weighted by Crippen LogP contribution is -2.39. The zero-order valence-electron chi connectivity index (χ0n) is 14.5. The van der Waals surface area contributed by atoms with E-state index < -0.39 is 0 Å². The molecule has 1 aromatic rings. The number of unbranched alkanes of at least 4 members (excludes halogenated alkanes) is 1. The van der Waals surface area contributed by atoms with Crippen molar-refractivity contribution in [1.82, 2.24) is 10.6 Å². The molecule has 4 nitrogen and oxygen atoms in total. The van der Waals surface area contributed by atoms with Crippen molar-refractivity contribution in [1.29, 1.82) is 0 Å². The number of hydrogen-bond donors (Lipinski definition) is 2. The van der Waals surface area contributed by atoms with Gasteiger partial charge >= 0.3 is 0 Å². The van der Waals surface area contributed by atoms with Crippen LogP contribution in [-0.2, 0) is 16.1 Å². The van der Waals surface area contributed by atoms with Crippen LogP contribution in [0.1, 0.15) is 50.5 Å². The molecule has 0 saturated carbocycles. The Bertz CT molecular complexity index is 494. The molecule has 0 spiro atoms. The molecular weight excluding hydrogens is 300 g/mol. The fourth-order valence-corrected chi connectivity index (χ4v) is 4.00. The van der Waals surface area contributed by atoms with Gasteiger partial charge in [-0.25, -0.2) is 0 Å². The maximum atomic E-state index is 12.1. The Hall–Kier alpha value is -1.39. The number of fused-ring (bicyclic) bond motifs is 2. The second-order valence-electron chi connectivity index (χ2n) is 7.27. The molecule has 4 heteroatoms. The summed E-state index contributed by atoms with van der Waals surface area (Å²) in [6.07, 6.45) is 7.63. The topological polar surface area (TPSA) is 50.4 Å². The summed E-state index contributed by atoms with van der Waals surface area (Å²) in [6, 6.07) is 11.6. The van der Waals surface area contributed by atoms with Crippen LogP contribution in [0.15, 0.2) is 30.3 Å². The highest BCUT2D eigenvalue weighted by Crippen LogP contribution is 2.32. The lowest BCUT2D eigenvalue weighted by atomic mass is 9.89. The van der Waals surface area contributed by atoms with Crippen molar-refractivity contribution < 1.29 is 9.53 Å². The molecule has 2 N–H and O–H groups in total. The first-order valence-electron chi connectivity index (χ1n) is 9.44. The lowest BCUT2D eigenvalue weighted by molar-refractivity contribution is -0.122. The molecule has 2 heterocycles. The summed E-state index contributed by atoms with van der Waals surface area (Å²) in [7, 11) is 0. The molecule has 3 rings (SSSR count). The van der Waals surface area contributed by atoms with E-state index in [1.807, 2.05) is 18.2 Å². The van der Waals surface area contributed by atoms with Gasteiger partial charge in [0, 0.05) is 31.7 Å². The molecule has 2 fully saturated rings. The first-order valence-corrected chi connectivity index (χ1v) is 9.44. The summed E-state index contributed by atoms with van der Waals surface area (Å²) in [4.78, 5) is 12.1. The third-order valence-electron chi connectivity index (χ3n) is 5.19. The first kappa shape index (κ1) is 17.4. The minimum absolute atomic E-state index is 0.228. The highest BCUT2D eigenvalue weighted by atomic mass is 16.5. The Morgan fingerprint density at radius 1 is 1.12 bits per heavy atom. The Morgan fingerprint density at radius 3 is 2.62 bits per heavy atom. The van der Waals surface area contributed by atoms with E-state index >= 15 is 0 Å². The van der Waals surface area contributed by atoms with E-state index in [9.17, 15) is 4.79 Å². The Morgan fingerprint density at radius 2 is 1.88 bits per heavy atom. The molecule has 2 saturated heterocycles. The number of piperidine rings is 1. The van der Waals surface area contributed by atoms with Gasteiger partial charge in [-0.15, -0.1) is 0 Å². The number of hydrogen-bond acceptors (Lipinski definition) is 3. The molecule has 0 aromatic heterocycles. The van der Waals surface area contributed by atoms with Gasteiger partial charge in [0.2, 0.25) is 5.91 Å². The smallest absolute Gasteiger partial charge is 0.220 e. The summed E-state index contributed by atoms with van der Waals surface area (Å²) < 4.78 is 5.66. The van der Waals surface area contributed by atoms with Crippen LogP contribution < -0.4 is 10.6 Å². The zero-order chi connectivity index (χ0) is 16.6. The van der Waals surface area contributed by atoms with E-state index in [1.54, 1.807) is 0 Å². The predicted octanol–water partition coefficient (Wildman–Crippen LogP) is 3.02. The molecule has 1 amide bonds. The maximum absolute atomic E-state index is 12.1. The van der Waals surface area contributed by atoms with Crippen molar-refractivity contribution in [2.45, 2.75) is 63.6 Å².